The highest BCUT2D eigenvalue weighted by molar-refractivity contribution is 6.08. The molecule has 2 N–H and O–H groups in total. The Balaban J connectivity index is 1.93. The number of amides is 4. The largest absolute Gasteiger partial charge is 0.352 e. The highest BCUT2D eigenvalue weighted by Gasteiger charge is 2.47. The second-order valence-corrected chi connectivity index (χ2v) is 6.44. The summed E-state index contributed by atoms with van der Waals surface area (Å²) >= 11 is 0. The van der Waals surface area contributed by atoms with E-state index >= 15 is 0 Å². The Morgan fingerprint density at radius 3 is 2.62 bits per heavy atom. The Labute approximate surface area is 125 Å². The van der Waals surface area contributed by atoms with Crippen LogP contribution in [0.1, 0.15) is 52.9 Å². The first-order valence-electron chi connectivity index (χ1n) is 7.81. The van der Waals surface area contributed by atoms with Crippen molar-refractivity contribution in [3.63, 3.8) is 0 Å². The zero-order chi connectivity index (χ0) is 15.6. The number of nitrogens with zero attached hydrogens (tertiary/aromatic N) is 1. The van der Waals surface area contributed by atoms with Gasteiger partial charge in [-0.05, 0) is 32.1 Å². The molecule has 4 amide bonds. The lowest BCUT2D eigenvalue weighted by atomic mass is 9.86. The normalized spacial score (nSPS) is 33.0. The van der Waals surface area contributed by atoms with Crippen molar-refractivity contribution in [3.05, 3.63) is 0 Å². The van der Waals surface area contributed by atoms with E-state index in [1.807, 2.05) is 6.92 Å². The third-order valence-corrected chi connectivity index (χ3v) is 4.81. The molecule has 2 rings (SSSR count). The number of carbonyl (C=O) groups is 3. The van der Waals surface area contributed by atoms with Crippen LogP contribution < -0.4 is 10.6 Å². The maximum Gasteiger partial charge on any atom is 0.325 e. The van der Waals surface area contributed by atoms with Crippen molar-refractivity contribution >= 4 is 17.8 Å². The fourth-order valence-corrected chi connectivity index (χ4v) is 3.06. The molecule has 6 heteroatoms. The highest BCUT2D eigenvalue weighted by Crippen LogP contribution is 2.24. The molecule has 0 aromatic heterocycles. The minimum Gasteiger partial charge on any atom is -0.352 e. The van der Waals surface area contributed by atoms with Gasteiger partial charge in [-0.1, -0.05) is 26.7 Å². The molecule has 1 saturated heterocycles. The van der Waals surface area contributed by atoms with Crippen LogP contribution in [0.2, 0.25) is 0 Å². The fraction of sp³-hybridized carbons (Fsp3) is 0.800. The van der Waals surface area contributed by atoms with E-state index in [4.69, 9.17) is 0 Å². The summed E-state index contributed by atoms with van der Waals surface area (Å²) in [6.45, 7) is 5.47. The van der Waals surface area contributed by atoms with Gasteiger partial charge < -0.3 is 10.6 Å². The average Bonchev–Trinajstić information content (AvgIpc) is 2.66. The van der Waals surface area contributed by atoms with Crippen molar-refractivity contribution in [3.8, 4) is 0 Å². The summed E-state index contributed by atoms with van der Waals surface area (Å²) in [5.74, 6) is -0.119. The number of nitrogens with one attached hydrogen (secondary N) is 2. The molecule has 21 heavy (non-hydrogen) atoms. The van der Waals surface area contributed by atoms with Crippen LogP contribution in [0.4, 0.5) is 4.79 Å². The van der Waals surface area contributed by atoms with Crippen molar-refractivity contribution in [1.29, 1.82) is 0 Å². The molecule has 6 nitrogen and oxygen atoms in total. The first-order valence-corrected chi connectivity index (χ1v) is 7.81. The first kappa shape index (κ1) is 15.8. The highest BCUT2D eigenvalue weighted by atomic mass is 16.2. The molecule has 0 spiro atoms. The van der Waals surface area contributed by atoms with Crippen LogP contribution in [0.3, 0.4) is 0 Å². The van der Waals surface area contributed by atoms with Gasteiger partial charge in [-0.2, -0.15) is 0 Å². The van der Waals surface area contributed by atoms with Crippen molar-refractivity contribution in [2.45, 2.75) is 64.5 Å². The molecule has 1 saturated carbocycles. The van der Waals surface area contributed by atoms with E-state index in [9.17, 15) is 14.4 Å². The molecule has 2 aliphatic rings. The van der Waals surface area contributed by atoms with Gasteiger partial charge in [-0.3, -0.25) is 14.5 Å². The minimum atomic E-state index is -0.879. The van der Waals surface area contributed by atoms with E-state index in [0.717, 1.165) is 24.2 Å². The molecule has 2 fully saturated rings. The Hall–Kier alpha value is -1.59. The Bertz CT molecular complexity index is 451. The second kappa shape index (κ2) is 6.03. The zero-order valence-electron chi connectivity index (χ0n) is 13.1. The molecule has 0 radical (unpaired) electrons. The number of imide groups is 1. The maximum absolute atomic E-state index is 12.2. The lowest BCUT2D eigenvalue weighted by molar-refractivity contribution is -0.135. The zero-order valence-corrected chi connectivity index (χ0v) is 13.1. The molecule has 0 bridgehead atoms. The standard InChI is InChI=1S/C15H25N3O3/c1-4-15(3)13(20)18(14(21)17-15)9-12(19)16-11-8-6-5-7-10(11)2/h10-11H,4-9H2,1-3H3,(H,16,19)(H,17,21)/t10-,11-,15-/m0/s1. The maximum atomic E-state index is 12.2. The summed E-state index contributed by atoms with van der Waals surface area (Å²) in [5.41, 5.74) is -0.879. The van der Waals surface area contributed by atoms with Crippen molar-refractivity contribution in [2.24, 2.45) is 5.92 Å². The number of rotatable bonds is 4. The van der Waals surface area contributed by atoms with Gasteiger partial charge in [0, 0.05) is 6.04 Å². The Kier molecular flexibility index (Phi) is 4.54. The molecule has 1 aliphatic carbocycles. The van der Waals surface area contributed by atoms with Gasteiger partial charge in [-0.25, -0.2) is 4.79 Å². The molecule has 3 atom stereocenters. The van der Waals surface area contributed by atoms with Crippen LogP contribution in [-0.4, -0.2) is 40.9 Å². The van der Waals surface area contributed by atoms with E-state index in [-0.39, 0.29) is 24.4 Å². The first-order chi connectivity index (χ1) is 9.87. The van der Waals surface area contributed by atoms with Gasteiger partial charge in [0.25, 0.3) is 5.91 Å². The number of urea groups is 1. The van der Waals surface area contributed by atoms with Crippen molar-refractivity contribution < 1.29 is 14.4 Å². The van der Waals surface area contributed by atoms with Crippen LogP contribution in [0.15, 0.2) is 0 Å². The SMILES string of the molecule is CC[C@]1(C)NC(=O)N(CC(=O)N[C@H]2CCCC[C@@H]2C)C1=O. The van der Waals surface area contributed by atoms with Gasteiger partial charge in [0.1, 0.15) is 12.1 Å². The third kappa shape index (κ3) is 3.19. The summed E-state index contributed by atoms with van der Waals surface area (Å²) in [6.07, 6.45) is 4.92. The van der Waals surface area contributed by atoms with E-state index in [1.54, 1.807) is 6.92 Å². The number of carbonyl (C=O) groups excluding carboxylic acids is 3. The average molecular weight is 295 g/mol. The lowest BCUT2D eigenvalue weighted by Gasteiger charge is -2.30. The van der Waals surface area contributed by atoms with Gasteiger partial charge in [0.15, 0.2) is 0 Å². The molecule has 1 aliphatic heterocycles. The van der Waals surface area contributed by atoms with Gasteiger partial charge >= 0.3 is 6.03 Å². The molecule has 1 heterocycles. The third-order valence-electron chi connectivity index (χ3n) is 4.81. The molecular formula is C15H25N3O3. The van der Waals surface area contributed by atoms with E-state index in [0.29, 0.717) is 12.3 Å². The van der Waals surface area contributed by atoms with E-state index in [2.05, 4.69) is 17.6 Å². The van der Waals surface area contributed by atoms with Crippen LogP contribution in [0.25, 0.3) is 0 Å². The lowest BCUT2D eigenvalue weighted by Crippen LogP contribution is -2.48. The monoisotopic (exact) mass is 295 g/mol. The van der Waals surface area contributed by atoms with Gasteiger partial charge in [-0.15, -0.1) is 0 Å². The fourth-order valence-electron chi connectivity index (χ4n) is 3.06. The summed E-state index contributed by atoms with van der Waals surface area (Å²) in [5, 5.41) is 5.62. The molecule has 0 unspecified atom stereocenters. The number of hydrogen-bond donors (Lipinski definition) is 2. The van der Waals surface area contributed by atoms with Gasteiger partial charge in [0.2, 0.25) is 5.91 Å². The molecule has 0 aromatic carbocycles. The predicted molar refractivity (Wildman–Crippen MR) is 78.5 cm³/mol. The summed E-state index contributed by atoms with van der Waals surface area (Å²) in [4.78, 5) is 37.2. The van der Waals surface area contributed by atoms with E-state index in [1.165, 1.54) is 6.42 Å². The van der Waals surface area contributed by atoms with Crippen LogP contribution in [-0.2, 0) is 9.59 Å². The van der Waals surface area contributed by atoms with Gasteiger partial charge in [0.05, 0.1) is 0 Å². The topological polar surface area (TPSA) is 78.5 Å². The summed E-state index contributed by atoms with van der Waals surface area (Å²) < 4.78 is 0. The smallest absolute Gasteiger partial charge is 0.325 e. The van der Waals surface area contributed by atoms with Crippen LogP contribution in [0, 0.1) is 5.92 Å². The molecular weight excluding hydrogens is 270 g/mol. The molecule has 118 valence electrons. The second-order valence-electron chi connectivity index (χ2n) is 6.44. The van der Waals surface area contributed by atoms with Crippen LogP contribution in [0.5, 0.6) is 0 Å². The Morgan fingerprint density at radius 2 is 2.05 bits per heavy atom. The predicted octanol–water partition coefficient (Wildman–Crippen LogP) is 1.40. The summed E-state index contributed by atoms with van der Waals surface area (Å²) in [6, 6.07) is -0.319. The summed E-state index contributed by atoms with van der Waals surface area (Å²) in [7, 11) is 0. The van der Waals surface area contributed by atoms with E-state index < -0.39 is 11.6 Å². The quantitative estimate of drug-likeness (QED) is 0.770. The van der Waals surface area contributed by atoms with Crippen LogP contribution >= 0.6 is 0 Å². The molecule has 0 aromatic rings. The minimum absolute atomic E-state index is 0.157. The van der Waals surface area contributed by atoms with Crippen molar-refractivity contribution in [2.75, 3.05) is 6.54 Å². The Morgan fingerprint density at radius 1 is 1.38 bits per heavy atom. The van der Waals surface area contributed by atoms with Crippen molar-refractivity contribution in [1.82, 2.24) is 15.5 Å². The number of hydrogen-bond acceptors (Lipinski definition) is 3.